The zero-order chi connectivity index (χ0) is 30.3. The zero-order valence-electron chi connectivity index (χ0n) is 24.4. The van der Waals surface area contributed by atoms with Crippen LogP contribution in [0.5, 0.6) is 0 Å². The highest BCUT2D eigenvalue weighted by Crippen LogP contribution is 2.51. The van der Waals surface area contributed by atoms with Gasteiger partial charge in [-0.15, -0.1) is 0 Å². The molecule has 0 bridgehead atoms. The fraction of sp³-hybridized carbons (Fsp3) is 0.483. The molecule has 0 aliphatic rings. The predicted octanol–water partition coefficient (Wildman–Crippen LogP) is 3.59. The molecule has 2 aromatic carbocycles. The first-order valence-corrected chi connectivity index (χ1v) is 15.2. The summed E-state index contributed by atoms with van der Waals surface area (Å²) >= 11 is 0. The van der Waals surface area contributed by atoms with Gasteiger partial charge in [0.15, 0.2) is 0 Å². The number of hydrogen-bond donors (Lipinski definition) is 4. The van der Waals surface area contributed by atoms with Crippen LogP contribution in [0.1, 0.15) is 37.8 Å². The molecule has 4 N–H and O–H groups in total. The van der Waals surface area contributed by atoms with E-state index in [1.165, 1.54) is 21.3 Å². The SMILES string of the molecule is CNC(=O)[C@H](Cc1ccccc1)NC(=O)[C@H](CC(C)C)NC(CCNC(=O)OCc1ccccc1)P(=O)(OC)OC. The minimum absolute atomic E-state index is 0.0763. The Hall–Kier alpha value is -3.24. The molecule has 0 saturated heterocycles. The lowest BCUT2D eigenvalue weighted by Gasteiger charge is -2.31. The van der Waals surface area contributed by atoms with Crippen LogP contribution in [0.3, 0.4) is 0 Å². The van der Waals surface area contributed by atoms with Crippen LogP contribution < -0.4 is 21.3 Å². The quantitative estimate of drug-likeness (QED) is 0.205. The van der Waals surface area contributed by atoms with Crippen molar-refractivity contribution in [2.45, 2.75) is 57.6 Å². The van der Waals surface area contributed by atoms with Crippen LogP contribution in [0.15, 0.2) is 60.7 Å². The molecular weight excluding hydrogens is 547 g/mol. The summed E-state index contributed by atoms with van der Waals surface area (Å²) in [5.74, 6) is -1.61. The lowest BCUT2D eigenvalue weighted by molar-refractivity contribution is -0.130. The second-order valence-electron chi connectivity index (χ2n) is 9.91. The second kappa shape index (κ2) is 17.5. The van der Waals surface area contributed by atoms with E-state index >= 15 is 0 Å². The Balaban J connectivity index is 2.12. The normalized spacial score (nSPS) is 13.6. The van der Waals surface area contributed by atoms with E-state index in [-0.39, 0.29) is 31.4 Å². The predicted molar refractivity (Wildman–Crippen MR) is 157 cm³/mol. The first kappa shape index (κ1) is 34.0. The molecule has 0 radical (unpaired) electrons. The van der Waals surface area contributed by atoms with E-state index in [2.05, 4.69) is 21.3 Å². The van der Waals surface area contributed by atoms with Gasteiger partial charge >= 0.3 is 13.7 Å². The number of hydrogen-bond acceptors (Lipinski definition) is 8. The maximum atomic E-state index is 13.5. The smallest absolute Gasteiger partial charge is 0.407 e. The second-order valence-corrected chi connectivity index (χ2v) is 12.3. The van der Waals surface area contributed by atoms with Crippen LogP contribution >= 0.6 is 7.60 Å². The number of nitrogens with one attached hydrogen (secondary N) is 4. The summed E-state index contributed by atoms with van der Waals surface area (Å²) < 4.78 is 29.2. The molecule has 0 heterocycles. The van der Waals surface area contributed by atoms with E-state index in [9.17, 15) is 18.9 Å². The average Bonchev–Trinajstić information content (AvgIpc) is 2.98. The van der Waals surface area contributed by atoms with Gasteiger partial charge in [0.05, 0.1) is 6.04 Å². The van der Waals surface area contributed by atoms with Gasteiger partial charge in [0.25, 0.3) is 0 Å². The number of carbonyl (C=O) groups excluding carboxylic acids is 3. The zero-order valence-corrected chi connectivity index (χ0v) is 25.3. The first-order valence-electron chi connectivity index (χ1n) is 13.6. The Labute approximate surface area is 242 Å². The largest absolute Gasteiger partial charge is 0.445 e. The Morgan fingerprint density at radius 1 is 0.854 bits per heavy atom. The van der Waals surface area contributed by atoms with Crippen LogP contribution in [0.4, 0.5) is 4.79 Å². The highest BCUT2D eigenvalue weighted by molar-refractivity contribution is 7.54. The number of ether oxygens (including phenoxy) is 1. The number of rotatable bonds is 17. The molecule has 0 aromatic heterocycles. The third-order valence-corrected chi connectivity index (χ3v) is 8.56. The summed E-state index contributed by atoms with van der Waals surface area (Å²) in [6, 6.07) is 17.0. The van der Waals surface area contributed by atoms with E-state index in [1.807, 2.05) is 74.5 Å². The van der Waals surface area contributed by atoms with E-state index in [4.69, 9.17) is 13.8 Å². The van der Waals surface area contributed by atoms with Crippen molar-refractivity contribution < 1.29 is 32.7 Å². The average molecular weight is 591 g/mol. The summed E-state index contributed by atoms with van der Waals surface area (Å²) in [4.78, 5) is 38.4. The summed E-state index contributed by atoms with van der Waals surface area (Å²) in [7, 11) is 0.311. The molecule has 0 fully saturated rings. The highest BCUT2D eigenvalue weighted by atomic mass is 31.2. The molecule has 11 nitrogen and oxygen atoms in total. The summed E-state index contributed by atoms with van der Waals surface area (Å²) in [6.45, 7) is 4.09. The molecule has 0 spiro atoms. The van der Waals surface area contributed by atoms with Gasteiger partial charge in [-0.25, -0.2) is 4.79 Å². The van der Waals surface area contributed by atoms with Gasteiger partial charge in [-0.2, -0.15) is 0 Å². The van der Waals surface area contributed by atoms with Crippen LogP contribution in [0.25, 0.3) is 0 Å². The Kier molecular flexibility index (Phi) is 14.5. The third kappa shape index (κ3) is 11.6. The fourth-order valence-corrected chi connectivity index (χ4v) is 5.67. The standard InChI is InChI=1S/C29H43N4O7P/c1-21(2)18-24(28(35)33-25(27(34)30-3)19-22-12-8-6-9-13-22)32-26(41(37,38-4)39-5)16-17-31-29(36)40-20-23-14-10-7-11-15-23/h6-15,21,24-26,32H,16-20H2,1-5H3,(H,30,34)(H,31,36)(H,33,35)/t24-,25-,26?/m0/s1. The maximum Gasteiger partial charge on any atom is 0.407 e. The summed E-state index contributed by atoms with van der Waals surface area (Å²) in [6.07, 6.45) is 0.162. The van der Waals surface area contributed by atoms with Gasteiger partial charge in [0.2, 0.25) is 11.8 Å². The Morgan fingerprint density at radius 2 is 1.44 bits per heavy atom. The number of carbonyl (C=O) groups is 3. The van der Waals surface area contributed by atoms with E-state index < -0.39 is 37.5 Å². The van der Waals surface area contributed by atoms with Gasteiger partial charge in [-0.3, -0.25) is 19.5 Å². The molecule has 1 unspecified atom stereocenters. The van der Waals surface area contributed by atoms with Gasteiger partial charge < -0.3 is 29.7 Å². The third-order valence-electron chi connectivity index (χ3n) is 6.37. The van der Waals surface area contributed by atoms with Gasteiger partial charge in [0, 0.05) is 34.2 Å². The van der Waals surface area contributed by atoms with Crippen molar-refractivity contribution in [3.63, 3.8) is 0 Å². The molecule has 2 rings (SSSR count). The number of likely N-dealkylation sites (N-methyl/N-ethyl adjacent to an activating group) is 1. The van der Waals surface area contributed by atoms with Crippen molar-refractivity contribution in [2.75, 3.05) is 27.8 Å². The monoisotopic (exact) mass is 590 g/mol. The van der Waals surface area contributed by atoms with Gasteiger partial charge in [0.1, 0.15) is 18.4 Å². The fourth-order valence-electron chi connectivity index (χ4n) is 4.21. The van der Waals surface area contributed by atoms with Gasteiger partial charge in [-0.05, 0) is 29.9 Å². The molecular formula is C29H43N4O7P. The van der Waals surface area contributed by atoms with Gasteiger partial charge in [-0.1, -0.05) is 74.5 Å². The van der Waals surface area contributed by atoms with Crippen LogP contribution in [0.2, 0.25) is 0 Å². The van der Waals surface area contributed by atoms with Crippen molar-refractivity contribution in [3.8, 4) is 0 Å². The summed E-state index contributed by atoms with van der Waals surface area (Å²) in [5.41, 5.74) is 1.73. The Morgan fingerprint density at radius 3 is 1.98 bits per heavy atom. The van der Waals surface area contributed by atoms with Crippen LogP contribution in [-0.4, -0.2) is 63.6 Å². The van der Waals surface area contributed by atoms with E-state index in [0.717, 1.165) is 11.1 Å². The molecule has 0 saturated carbocycles. The maximum absolute atomic E-state index is 13.5. The van der Waals surface area contributed by atoms with Crippen molar-refractivity contribution in [2.24, 2.45) is 5.92 Å². The molecule has 41 heavy (non-hydrogen) atoms. The van der Waals surface area contributed by atoms with Crippen molar-refractivity contribution in [1.29, 1.82) is 0 Å². The van der Waals surface area contributed by atoms with Crippen molar-refractivity contribution in [1.82, 2.24) is 21.3 Å². The molecule has 226 valence electrons. The van der Waals surface area contributed by atoms with Crippen molar-refractivity contribution >= 4 is 25.5 Å². The number of benzene rings is 2. The minimum Gasteiger partial charge on any atom is -0.445 e. The number of amides is 3. The molecule has 2 aromatic rings. The topological polar surface area (TPSA) is 144 Å². The molecule has 3 amide bonds. The lowest BCUT2D eigenvalue weighted by Crippen LogP contribution is -2.55. The highest BCUT2D eigenvalue weighted by Gasteiger charge is 2.37. The molecule has 3 atom stereocenters. The van der Waals surface area contributed by atoms with Crippen LogP contribution in [-0.2, 0) is 41.0 Å². The minimum atomic E-state index is -3.73. The Bertz CT molecular complexity index is 1130. The molecule has 12 heteroatoms. The number of alkyl carbamates (subject to hydrolysis) is 1. The first-order chi connectivity index (χ1) is 19.6. The molecule has 0 aliphatic carbocycles. The van der Waals surface area contributed by atoms with E-state index in [1.54, 1.807) is 0 Å². The van der Waals surface area contributed by atoms with Crippen LogP contribution in [0, 0.1) is 5.92 Å². The summed E-state index contributed by atoms with van der Waals surface area (Å²) in [5, 5.41) is 11.2. The van der Waals surface area contributed by atoms with E-state index in [0.29, 0.717) is 12.8 Å². The molecule has 0 aliphatic heterocycles. The van der Waals surface area contributed by atoms with Crippen molar-refractivity contribution in [3.05, 3.63) is 71.8 Å². The lowest BCUT2D eigenvalue weighted by atomic mass is 10.0.